The number of rotatable bonds is 16. The Morgan fingerprint density at radius 3 is 2.69 bits per heavy atom. The number of anilines is 1. The summed E-state index contributed by atoms with van der Waals surface area (Å²) in [5.41, 5.74) is 14.8. The average molecular weight is 521 g/mol. The number of likely N-dealkylation sites (N-methyl/N-ethyl adjacent to an activating group) is 1. The summed E-state index contributed by atoms with van der Waals surface area (Å²) in [6.45, 7) is 6.63. The summed E-state index contributed by atoms with van der Waals surface area (Å²) >= 11 is 6.04. The van der Waals surface area contributed by atoms with E-state index in [4.69, 9.17) is 32.5 Å². The molecular formula is C26H38ClFN6O2. The summed E-state index contributed by atoms with van der Waals surface area (Å²) in [7, 11) is 3.53. The molecule has 0 spiro atoms. The van der Waals surface area contributed by atoms with Gasteiger partial charge >= 0.3 is 0 Å². The lowest BCUT2D eigenvalue weighted by Crippen LogP contribution is -2.33. The molecule has 0 aliphatic heterocycles. The van der Waals surface area contributed by atoms with Crippen molar-refractivity contribution in [3.63, 3.8) is 0 Å². The molecular weight excluding hydrogens is 483 g/mol. The predicted molar refractivity (Wildman–Crippen MR) is 145 cm³/mol. The number of hydrogen-bond donors (Lipinski definition) is 4. The third-order valence-corrected chi connectivity index (χ3v) is 5.58. The van der Waals surface area contributed by atoms with Crippen LogP contribution in [-0.4, -0.2) is 63.4 Å². The van der Waals surface area contributed by atoms with Gasteiger partial charge in [-0.3, -0.25) is 4.98 Å². The van der Waals surface area contributed by atoms with Gasteiger partial charge in [-0.25, -0.2) is 4.39 Å². The van der Waals surface area contributed by atoms with Crippen molar-refractivity contribution >= 4 is 23.0 Å². The highest BCUT2D eigenvalue weighted by atomic mass is 35.5. The number of methoxy groups -OCH3 is 1. The second-order valence-corrected chi connectivity index (χ2v) is 8.64. The molecule has 0 saturated heterocycles. The van der Waals surface area contributed by atoms with Crippen LogP contribution in [0.3, 0.4) is 0 Å². The van der Waals surface area contributed by atoms with Crippen molar-refractivity contribution in [3.05, 3.63) is 76.3 Å². The first-order valence-electron chi connectivity index (χ1n) is 12.0. The Bertz CT molecular complexity index is 1020. The Balaban J connectivity index is 2.25. The molecule has 0 saturated carbocycles. The molecule has 0 fully saturated rings. The molecule has 0 aliphatic rings. The number of nitrogens with zero attached hydrogens (tertiary/aromatic N) is 2. The van der Waals surface area contributed by atoms with Crippen molar-refractivity contribution in [1.29, 1.82) is 0 Å². The highest BCUT2D eigenvalue weighted by molar-refractivity contribution is 6.30. The first-order chi connectivity index (χ1) is 17.4. The highest BCUT2D eigenvalue weighted by Gasteiger charge is 2.11. The van der Waals surface area contributed by atoms with E-state index in [1.165, 1.54) is 24.3 Å². The Kier molecular flexibility index (Phi) is 13.1. The molecule has 1 heterocycles. The zero-order chi connectivity index (χ0) is 26.3. The monoisotopic (exact) mass is 520 g/mol. The molecule has 1 aromatic heterocycles. The molecule has 198 valence electrons. The lowest BCUT2D eigenvalue weighted by atomic mass is 10.1. The van der Waals surface area contributed by atoms with E-state index in [2.05, 4.69) is 27.4 Å². The summed E-state index contributed by atoms with van der Waals surface area (Å²) in [5, 5.41) is 6.81. The van der Waals surface area contributed by atoms with Gasteiger partial charge in [-0.1, -0.05) is 18.5 Å². The van der Waals surface area contributed by atoms with E-state index in [0.29, 0.717) is 17.3 Å². The van der Waals surface area contributed by atoms with Crippen LogP contribution in [0.15, 0.2) is 54.2 Å². The first kappa shape index (κ1) is 29.4. The third kappa shape index (κ3) is 10.0. The maximum absolute atomic E-state index is 14.4. The van der Waals surface area contributed by atoms with Crippen molar-refractivity contribution in [2.45, 2.75) is 19.8 Å². The molecule has 36 heavy (non-hydrogen) atoms. The number of hydrogen-bond acceptors (Lipinski definition) is 8. The summed E-state index contributed by atoms with van der Waals surface area (Å²) < 4.78 is 25.0. The van der Waals surface area contributed by atoms with Crippen molar-refractivity contribution < 1.29 is 13.9 Å². The van der Waals surface area contributed by atoms with Crippen LogP contribution >= 0.6 is 11.6 Å². The topological polar surface area (TPSA) is 111 Å². The van der Waals surface area contributed by atoms with Crippen LogP contribution in [0.5, 0.6) is 0 Å². The number of allylic oxidation sites excluding steroid dienone is 1. The lowest BCUT2D eigenvalue weighted by Gasteiger charge is -2.21. The normalized spacial score (nSPS) is 12.6. The maximum Gasteiger partial charge on any atom is 0.208 e. The highest BCUT2D eigenvalue weighted by Crippen LogP contribution is 2.22. The summed E-state index contributed by atoms with van der Waals surface area (Å²) in [5.74, 6) is -0.399. The molecule has 0 radical (unpaired) electrons. The Hall–Kier alpha value is -2.85. The molecule has 2 aromatic rings. The van der Waals surface area contributed by atoms with Gasteiger partial charge in [-0.15, -0.1) is 0 Å². The van der Waals surface area contributed by atoms with E-state index >= 15 is 0 Å². The van der Waals surface area contributed by atoms with Gasteiger partial charge < -0.3 is 36.5 Å². The van der Waals surface area contributed by atoms with Crippen molar-refractivity contribution in [3.8, 4) is 0 Å². The van der Waals surface area contributed by atoms with Gasteiger partial charge in [0.25, 0.3) is 0 Å². The van der Waals surface area contributed by atoms with Crippen LogP contribution in [0.25, 0.3) is 5.70 Å². The minimum atomic E-state index is -0.493. The van der Waals surface area contributed by atoms with Crippen molar-refractivity contribution in [2.75, 3.05) is 58.9 Å². The van der Waals surface area contributed by atoms with E-state index in [9.17, 15) is 4.39 Å². The van der Waals surface area contributed by atoms with Gasteiger partial charge in [0.1, 0.15) is 18.1 Å². The van der Waals surface area contributed by atoms with Crippen LogP contribution in [0.1, 0.15) is 24.6 Å². The molecule has 0 unspecified atom stereocenters. The third-order valence-electron chi connectivity index (χ3n) is 5.35. The number of pyridine rings is 1. The van der Waals surface area contributed by atoms with Crippen LogP contribution in [-0.2, 0) is 15.9 Å². The molecule has 1 aromatic carbocycles. The van der Waals surface area contributed by atoms with E-state index in [1.807, 2.05) is 19.2 Å². The Morgan fingerprint density at radius 1 is 1.17 bits per heavy atom. The number of nitrogens with two attached hydrogens (primary N) is 2. The quantitative estimate of drug-likeness (QED) is 0.151. The summed E-state index contributed by atoms with van der Waals surface area (Å²) in [4.78, 5) is 6.92. The maximum atomic E-state index is 14.4. The van der Waals surface area contributed by atoms with Gasteiger partial charge in [-0.2, -0.15) is 0 Å². The molecule has 6 N–H and O–H groups in total. The zero-order valence-electron chi connectivity index (χ0n) is 21.3. The SMILES string of the molecule is CCCN(CCNC)CCc1cc(NC(/C=C(\N)c2cc(Cl)ccc2F)=C(/N)OCCOC)ccn1. The predicted octanol–water partition coefficient (Wildman–Crippen LogP) is 3.55. The minimum absolute atomic E-state index is 0.0944. The second kappa shape index (κ2) is 16.0. The minimum Gasteiger partial charge on any atom is -0.475 e. The second-order valence-electron chi connectivity index (χ2n) is 8.20. The van der Waals surface area contributed by atoms with Gasteiger partial charge in [0.15, 0.2) is 0 Å². The number of benzene rings is 1. The van der Waals surface area contributed by atoms with Crippen molar-refractivity contribution in [2.24, 2.45) is 11.5 Å². The van der Waals surface area contributed by atoms with Gasteiger partial charge in [0.2, 0.25) is 5.88 Å². The molecule has 8 nitrogen and oxygen atoms in total. The van der Waals surface area contributed by atoms with E-state index in [0.717, 1.165) is 50.4 Å². The molecule has 2 rings (SSSR count). The number of ether oxygens (including phenoxy) is 2. The fourth-order valence-electron chi connectivity index (χ4n) is 3.48. The molecule has 0 aliphatic carbocycles. The number of aromatic nitrogens is 1. The molecule has 0 bridgehead atoms. The van der Waals surface area contributed by atoms with Gasteiger partial charge in [-0.05, 0) is 56.4 Å². The average Bonchev–Trinajstić information content (AvgIpc) is 2.87. The lowest BCUT2D eigenvalue weighted by molar-refractivity contribution is 0.108. The number of nitrogens with one attached hydrogen (secondary N) is 2. The Morgan fingerprint density at radius 2 is 1.97 bits per heavy atom. The Labute approximate surface area is 218 Å². The largest absolute Gasteiger partial charge is 0.475 e. The van der Waals surface area contributed by atoms with Crippen LogP contribution in [0.2, 0.25) is 5.02 Å². The van der Waals surface area contributed by atoms with E-state index in [-0.39, 0.29) is 23.8 Å². The van der Waals surface area contributed by atoms with Crippen LogP contribution in [0, 0.1) is 5.82 Å². The van der Waals surface area contributed by atoms with Gasteiger partial charge in [0.05, 0.1) is 6.61 Å². The smallest absolute Gasteiger partial charge is 0.208 e. The molecule has 0 atom stereocenters. The number of halogens is 2. The van der Waals surface area contributed by atoms with E-state index < -0.39 is 5.82 Å². The van der Waals surface area contributed by atoms with Crippen LogP contribution in [0.4, 0.5) is 10.1 Å². The van der Waals surface area contributed by atoms with Gasteiger partial charge in [0, 0.05) is 67.0 Å². The fraction of sp³-hybridized carbons (Fsp3) is 0.423. The summed E-state index contributed by atoms with van der Waals surface area (Å²) in [6.07, 6.45) is 5.15. The van der Waals surface area contributed by atoms with E-state index in [1.54, 1.807) is 13.3 Å². The first-order valence-corrected chi connectivity index (χ1v) is 12.4. The van der Waals surface area contributed by atoms with Crippen molar-refractivity contribution in [1.82, 2.24) is 15.2 Å². The fourth-order valence-corrected chi connectivity index (χ4v) is 3.65. The standard InChI is InChI=1S/C26H38ClFN6O2/c1-4-11-34(13-10-31-2)12-8-20-17-21(7-9-32-20)33-25(26(30)36-15-14-35-3)18-24(29)22-16-19(27)5-6-23(22)28/h5-7,9,16-18,31H,4,8,10-15,29-30H2,1-3H3,(H,32,33)/b24-18-,26-25-. The van der Waals surface area contributed by atoms with Crippen LogP contribution < -0.4 is 22.1 Å². The summed E-state index contributed by atoms with van der Waals surface area (Å²) in [6, 6.07) is 7.96. The molecule has 10 heteroatoms. The zero-order valence-corrected chi connectivity index (χ0v) is 22.1. The molecule has 0 amide bonds.